The van der Waals surface area contributed by atoms with Gasteiger partial charge in [0.1, 0.15) is 6.33 Å². The van der Waals surface area contributed by atoms with Gasteiger partial charge in [-0.3, -0.25) is 0 Å². The summed E-state index contributed by atoms with van der Waals surface area (Å²) in [6, 6.07) is 19.6. The molecule has 5 rings (SSSR count). The van der Waals surface area contributed by atoms with Gasteiger partial charge in [0.15, 0.2) is 0 Å². The first-order chi connectivity index (χ1) is 15.5. The molecular formula is C26H26N5O. The molecule has 0 amide bonds. The second kappa shape index (κ2) is 8.20. The first-order valence-electron chi connectivity index (χ1n) is 10.8. The number of hydrogen-bond acceptors (Lipinski definition) is 6. The summed E-state index contributed by atoms with van der Waals surface area (Å²) in [5.74, 6) is 0.599. The molecule has 2 aromatic heterocycles. The van der Waals surface area contributed by atoms with E-state index in [0.29, 0.717) is 5.88 Å². The number of methoxy groups -OCH3 is 1. The third-order valence-corrected chi connectivity index (χ3v) is 5.92. The highest BCUT2D eigenvalue weighted by molar-refractivity contribution is 5.97. The highest BCUT2D eigenvalue weighted by atomic mass is 16.5. The lowest BCUT2D eigenvalue weighted by Gasteiger charge is -2.41. The van der Waals surface area contributed by atoms with Crippen LogP contribution in [0.3, 0.4) is 0 Å². The number of nitrogens with zero attached hydrogens (tertiary/aromatic N) is 4. The van der Waals surface area contributed by atoms with Crippen LogP contribution in [-0.2, 0) is 0 Å². The summed E-state index contributed by atoms with van der Waals surface area (Å²) in [5, 5.41) is 4.60. The van der Waals surface area contributed by atoms with Crippen molar-refractivity contribution in [2.45, 2.75) is 19.4 Å². The number of rotatable bonds is 4. The van der Waals surface area contributed by atoms with Gasteiger partial charge in [-0.15, -0.1) is 0 Å². The lowest BCUT2D eigenvalue weighted by molar-refractivity contribution is 0.353. The molecule has 0 aliphatic carbocycles. The summed E-state index contributed by atoms with van der Waals surface area (Å²) >= 11 is 0. The van der Waals surface area contributed by atoms with Crippen molar-refractivity contribution in [3.63, 3.8) is 0 Å². The largest absolute Gasteiger partial charge is 0.481 e. The fourth-order valence-corrected chi connectivity index (χ4v) is 4.36. The number of hydrogen-bond donors (Lipinski definition) is 1. The maximum absolute atomic E-state index is 5.19. The average Bonchev–Trinajstić information content (AvgIpc) is 2.83. The molecule has 2 aromatic carbocycles. The van der Waals surface area contributed by atoms with Crippen LogP contribution < -0.4 is 15.0 Å². The maximum atomic E-state index is 5.19. The maximum Gasteiger partial charge on any atom is 0.212 e. The van der Waals surface area contributed by atoms with E-state index < -0.39 is 0 Å². The highest BCUT2D eigenvalue weighted by Crippen LogP contribution is 2.36. The zero-order valence-corrected chi connectivity index (χ0v) is 18.6. The number of aromatic nitrogens is 3. The number of ether oxygens (including phenoxy) is 1. The van der Waals surface area contributed by atoms with Crippen molar-refractivity contribution in [1.82, 2.24) is 20.3 Å². The summed E-state index contributed by atoms with van der Waals surface area (Å²) in [7, 11) is 1.62. The van der Waals surface area contributed by atoms with Crippen molar-refractivity contribution in [2.24, 2.45) is 0 Å². The van der Waals surface area contributed by atoms with E-state index in [-0.39, 0.29) is 5.54 Å². The van der Waals surface area contributed by atoms with Gasteiger partial charge in [-0.05, 0) is 55.8 Å². The molecule has 32 heavy (non-hydrogen) atoms. The van der Waals surface area contributed by atoms with E-state index in [0.717, 1.165) is 52.9 Å². The SMILES string of the molecule is COc1ccc(-c2ccc3ncnc(-c4c[c]ccc4N4CCNC(C)(C)C4)c3c2)cn1. The Bertz CT molecular complexity index is 1250. The molecular weight excluding hydrogens is 398 g/mol. The molecule has 1 N–H and O–H groups in total. The Morgan fingerprint density at radius 3 is 2.72 bits per heavy atom. The van der Waals surface area contributed by atoms with E-state index in [4.69, 9.17) is 9.72 Å². The van der Waals surface area contributed by atoms with Crippen LogP contribution in [0.4, 0.5) is 5.69 Å². The number of piperazine rings is 1. The zero-order valence-electron chi connectivity index (χ0n) is 18.6. The summed E-state index contributed by atoms with van der Waals surface area (Å²) in [5.41, 5.74) is 6.21. The fraction of sp³-hybridized carbons (Fsp3) is 0.269. The molecule has 1 fully saturated rings. The quantitative estimate of drug-likeness (QED) is 0.525. The Balaban J connectivity index is 1.62. The topological polar surface area (TPSA) is 63.2 Å². The highest BCUT2D eigenvalue weighted by Gasteiger charge is 2.27. The molecule has 1 aliphatic rings. The van der Waals surface area contributed by atoms with Crippen molar-refractivity contribution in [3.8, 4) is 28.3 Å². The average molecular weight is 425 g/mol. The van der Waals surface area contributed by atoms with E-state index in [1.54, 1.807) is 13.4 Å². The van der Waals surface area contributed by atoms with Gasteiger partial charge in [0.25, 0.3) is 0 Å². The van der Waals surface area contributed by atoms with Crippen LogP contribution in [0.1, 0.15) is 13.8 Å². The van der Waals surface area contributed by atoms with Crippen LogP contribution in [0.25, 0.3) is 33.3 Å². The fourth-order valence-electron chi connectivity index (χ4n) is 4.36. The molecule has 4 aromatic rings. The van der Waals surface area contributed by atoms with Gasteiger partial charge in [-0.25, -0.2) is 15.0 Å². The Morgan fingerprint density at radius 2 is 1.94 bits per heavy atom. The number of pyridine rings is 1. The molecule has 1 radical (unpaired) electrons. The standard InChI is InChI=1S/C26H26N5O/c1-26(2)16-31(13-12-30-26)23-7-5-4-6-20(23)25-21-14-18(8-10-22(21)28-17-29-25)19-9-11-24(32-3)27-15-19/h5-11,14-15,17,30H,12-13,16H2,1-3H3. The molecule has 1 aliphatic heterocycles. The Morgan fingerprint density at radius 1 is 1.06 bits per heavy atom. The molecule has 0 saturated carbocycles. The van der Waals surface area contributed by atoms with E-state index in [9.17, 15) is 0 Å². The molecule has 0 spiro atoms. The second-order valence-corrected chi connectivity index (χ2v) is 8.72. The van der Waals surface area contributed by atoms with Crippen molar-refractivity contribution in [3.05, 3.63) is 67.1 Å². The first-order valence-corrected chi connectivity index (χ1v) is 10.8. The predicted octanol–water partition coefficient (Wildman–Crippen LogP) is 4.36. The van der Waals surface area contributed by atoms with E-state index in [2.05, 4.69) is 58.3 Å². The Kier molecular flexibility index (Phi) is 5.23. The molecule has 3 heterocycles. The third-order valence-electron chi connectivity index (χ3n) is 5.92. The molecule has 6 nitrogen and oxygen atoms in total. The molecule has 1 saturated heterocycles. The minimum atomic E-state index is 0.0529. The van der Waals surface area contributed by atoms with Crippen molar-refractivity contribution in [2.75, 3.05) is 31.6 Å². The van der Waals surface area contributed by atoms with Gasteiger partial charge in [-0.2, -0.15) is 0 Å². The summed E-state index contributed by atoms with van der Waals surface area (Å²) in [6.45, 7) is 7.30. The molecule has 0 atom stereocenters. The molecule has 161 valence electrons. The summed E-state index contributed by atoms with van der Waals surface area (Å²) in [6.07, 6.45) is 3.47. The second-order valence-electron chi connectivity index (χ2n) is 8.72. The number of nitrogens with one attached hydrogen (secondary N) is 1. The summed E-state index contributed by atoms with van der Waals surface area (Å²) < 4.78 is 5.19. The first kappa shape index (κ1) is 20.4. The normalized spacial score (nSPS) is 15.7. The van der Waals surface area contributed by atoms with Gasteiger partial charge < -0.3 is 15.0 Å². The predicted molar refractivity (Wildman–Crippen MR) is 128 cm³/mol. The smallest absolute Gasteiger partial charge is 0.212 e. The van der Waals surface area contributed by atoms with Crippen molar-refractivity contribution >= 4 is 16.6 Å². The number of anilines is 1. The number of benzene rings is 2. The summed E-state index contributed by atoms with van der Waals surface area (Å²) in [4.78, 5) is 16.0. The van der Waals surface area contributed by atoms with Gasteiger partial charge in [-0.1, -0.05) is 12.1 Å². The van der Waals surface area contributed by atoms with Crippen LogP contribution in [0, 0.1) is 6.07 Å². The lowest BCUT2D eigenvalue weighted by atomic mass is 9.97. The van der Waals surface area contributed by atoms with Gasteiger partial charge in [0, 0.05) is 59.6 Å². The van der Waals surface area contributed by atoms with E-state index in [1.165, 1.54) is 5.69 Å². The van der Waals surface area contributed by atoms with Crippen LogP contribution >= 0.6 is 0 Å². The molecule has 0 bridgehead atoms. The molecule has 0 unspecified atom stereocenters. The van der Waals surface area contributed by atoms with Gasteiger partial charge in [0.2, 0.25) is 5.88 Å². The number of fused-ring (bicyclic) bond motifs is 1. The van der Waals surface area contributed by atoms with Crippen LogP contribution in [-0.4, -0.2) is 47.2 Å². The zero-order chi connectivity index (χ0) is 22.1. The monoisotopic (exact) mass is 424 g/mol. The minimum Gasteiger partial charge on any atom is -0.481 e. The van der Waals surface area contributed by atoms with Crippen LogP contribution in [0.5, 0.6) is 5.88 Å². The Labute approximate surface area is 188 Å². The minimum absolute atomic E-state index is 0.0529. The van der Waals surface area contributed by atoms with Gasteiger partial charge in [0.05, 0.1) is 18.3 Å². The van der Waals surface area contributed by atoms with E-state index in [1.807, 2.05) is 36.5 Å². The lowest BCUT2D eigenvalue weighted by Crippen LogP contribution is -2.57. The van der Waals surface area contributed by atoms with Gasteiger partial charge >= 0.3 is 0 Å². The van der Waals surface area contributed by atoms with E-state index >= 15 is 0 Å². The van der Waals surface area contributed by atoms with Crippen molar-refractivity contribution < 1.29 is 4.74 Å². The Hall–Kier alpha value is -3.51. The third kappa shape index (κ3) is 3.89. The van der Waals surface area contributed by atoms with Crippen LogP contribution in [0.2, 0.25) is 0 Å². The van der Waals surface area contributed by atoms with Crippen LogP contribution in [0.15, 0.2) is 61.1 Å². The molecule has 6 heteroatoms. The van der Waals surface area contributed by atoms with Crippen molar-refractivity contribution in [1.29, 1.82) is 0 Å².